The van der Waals surface area contributed by atoms with Gasteiger partial charge in [-0.15, -0.1) is 0 Å². The summed E-state index contributed by atoms with van der Waals surface area (Å²) in [5, 5.41) is 0. The van der Waals surface area contributed by atoms with Crippen LogP contribution in [0.1, 0.15) is 33.6 Å². The molecule has 1 spiro atoms. The fraction of sp³-hybridized carbons (Fsp3) is 1.00. The molecule has 2 aliphatic rings. The molecule has 0 aliphatic carbocycles. The highest BCUT2D eigenvalue weighted by Crippen LogP contribution is 2.41. The summed E-state index contributed by atoms with van der Waals surface area (Å²) in [5.41, 5.74) is 0.550. The number of hydrogen-bond acceptors (Lipinski definition) is 2. The third-order valence-corrected chi connectivity index (χ3v) is 4.27. The topological polar surface area (TPSA) is 6.48 Å². The average molecular weight is 196 g/mol. The first kappa shape index (κ1) is 10.4. The van der Waals surface area contributed by atoms with Crippen molar-refractivity contribution in [3.8, 4) is 0 Å². The molecular formula is C12H24N2. The molecule has 0 aromatic rings. The Morgan fingerprint density at radius 3 is 2.57 bits per heavy atom. The number of rotatable bonds is 2. The Bertz CT molecular complexity index is 214. The van der Waals surface area contributed by atoms with Gasteiger partial charge in [0.05, 0.1) is 0 Å². The van der Waals surface area contributed by atoms with Crippen LogP contribution in [0.3, 0.4) is 0 Å². The summed E-state index contributed by atoms with van der Waals surface area (Å²) in [4.78, 5) is 5.24. The third-order valence-electron chi connectivity index (χ3n) is 4.27. The molecule has 0 N–H and O–H groups in total. The maximum absolute atomic E-state index is 2.65. The van der Waals surface area contributed by atoms with Crippen molar-refractivity contribution in [1.29, 1.82) is 0 Å². The van der Waals surface area contributed by atoms with Crippen LogP contribution < -0.4 is 0 Å². The van der Waals surface area contributed by atoms with Gasteiger partial charge in [-0.05, 0) is 39.3 Å². The van der Waals surface area contributed by atoms with Crippen LogP contribution in [0.15, 0.2) is 0 Å². The van der Waals surface area contributed by atoms with Gasteiger partial charge in [-0.1, -0.05) is 13.8 Å². The highest BCUT2D eigenvalue weighted by Gasteiger charge is 2.53. The van der Waals surface area contributed by atoms with Gasteiger partial charge in [0.15, 0.2) is 0 Å². The molecule has 82 valence electrons. The van der Waals surface area contributed by atoms with E-state index in [2.05, 4.69) is 37.6 Å². The van der Waals surface area contributed by atoms with Crippen molar-refractivity contribution in [3.63, 3.8) is 0 Å². The quantitative estimate of drug-likeness (QED) is 0.664. The van der Waals surface area contributed by atoms with E-state index in [1.807, 2.05) is 0 Å². The Kier molecular flexibility index (Phi) is 2.61. The second-order valence-electron chi connectivity index (χ2n) is 5.63. The highest BCUT2D eigenvalue weighted by atomic mass is 15.4. The third kappa shape index (κ3) is 1.40. The van der Waals surface area contributed by atoms with Crippen LogP contribution in [0.5, 0.6) is 0 Å². The Morgan fingerprint density at radius 1 is 1.43 bits per heavy atom. The largest absolute Gasteiger partial charge is 0.298 e. The molecule has 2 unspecified atom stereocenters. The van der Waals surface area contributed by atoms with E-state index in [9.17, 15) is 0 Å². The van der Waals surface area contributed by atoms with Gasteiger partial charge in [0.2, 0.25) is 0 Å². The molecule has 14 heavy (non-hydrogen) atoms. The smallest absolute Gasteiger partial charge is 0.0486 e. The maximum Gasteiger partial charge on any atom is 0.0486 e. The molecule has 2 heterocycles. The molecule has 0 saturated carbocycles. The number of hydrogen-bond donors (Lipinski definition) is 0. The fourth-order valence-corrected chi connectivity index (χ4v) is 3.30. The minimum Gasteiger partial charge on any atom is -0.298 e. The van der Waals surface area contributed by atoms with Crippen LogP contribution in [-0.4, -0.2) is 48.1 Å². The van der Waals surface area contributed by atoms with Crippen molar-refractivity contribution in [2.45, 2.75) is 45.2 Å². The SMILES string of the molecule is CC(C)CN1CC2(CCCN2C)C1C. The molecule has 2 aliphatic heterocycles. The molecule has 2 nitrogen and oxygen atoms in total. The van der Waals surface area contributed by atoms with E-state index in [4.69, 9.17) is 0 Å². The maximum atomic E-state index is 2.65. The van der Waals surface area contributed by atoms with Crippen molar-refractivity contribution < 1.29 is 0 Å². The summed E-state index contributed by atoms with van der Waals surface area (Å²) in [6, 6.07) is 0.775. The minimum atomic E-state index is 0.550. The minimum absolute atomic E-state index is 0.550. The van der Waals surface area contributed by atoms with Gasteiger partial charge in [0.1, 0.15) is 0 Å². The van der Waals surface area contributed by atoms with Gasteiger partial charge in [0.25, 0.3) is 0 Å². The van der Waals surface area contributed by atoms with Crippen LogP contribution >= 0.6 is 0 Å². The summed E-state index contributed by atoms with van der Waals surface area (Å²) in [7, 11) is 2.30. The van der Waals surface area contributed by atoms with Crippen molar-refractivity contribution in [1.82, 2.24) is 9.80 Å². The zero-order chi connectivity index (χ0) is 10.3. The fourth-order valence-electron chi connectivity index (χ4n) is 3.30. The molecule has 0 amide bonds. The Hall–Kier alpha value is -0.0800. The van der Waals surface area contributed by atoms with Crippen LogP contribution in [-0.2, 0) is 0 Å². The molecule has 2 saturated heterocycles. The molecule has 0 aromatic heterocycles. The zero-order valence-electron chi connectivity index (χ0n) is 10.1. The summed E-state index contributed by atoms with van der Waals surface area (Å²) < 4.78 is 0. The van der Waals surface area contributed by atoms with Gasteiger partial charge in [-0.2, -0.15) is 0 Å². The van der Waals surface area contributed by atoms with Crippen LogP contribution in [0, 0.1) is 5.92 Å². The lowest BCUT2D eigenvalue weighted by Crippen LogP contribution is -2.73. The molecule has 0 aromatic carbocycles. The lowest BCUT2D eigenvalue weighted by Gasteiger charge is -2.58. The first-order chi connectivity index (χ1) is 6.56. The van der Waals surface area contributed by atoms with Gasteiger partial charge in [-0.3, -0.25) is 9.80 Å². The van der Waals surface area contributed by atoms with Crippen LogP contribution in [0.25, 0.3) is 0 Å². The molecule has 2 atom stereocenters. The van der Waals surface area contributed by atoms with Crippen LogP contribution in [0.4, 0.5) is 0 Å². The number of likely N-dealkylation sites (N-methyl/N-ethyl adjacent to an activating group) is 1. The zero-order valence-corrected chi connectivity index (χ0v) is 10.1. The van der Waals surface area contributed by atoms with Gasteiger partial charge in [-0.25, -0.2) is 0 Å². The normalized spacial score (nSPS) is 39.6. The van der Waals surface area contributed by atoms with Crippen molar-refractivity contribution in [2.24, 2.45) is 5.92 Å². The molecular weight excluding hydrogens is 172 g/mol. The molecule has 0 radical (unpaired) electrons. The Morgan fingerprint density at radius 2 is 2.14 bits per heavy atom. The monoisotopic (exact) mass is 196 g/mol. The van der Waals surface area contributed by atoms with E-state index < -0.39 is 0 Å². The van der Waals surface area contributed by atoms with Gasteiger partial charge in [0, 0.05) is 24.7 Å². The molecule has 0 bridgehead atoms. The predicted molar refractivity (Wildman–Crippen MR) is 60.5 cm³/mol. The highest BCUT2D eigenvalue weighted by molar-refractivity contribution is 5.12. The van der Waals surface area contributed by atoms with Gasteiger partial charge >= 0.3 is 0 Å². The molecule has 2 rings (SSSR count). The van der Waals surface area contributed by atoms with E-state index in [0.717, 1.165) is 12.0 Å². The number of likely N-dealkylation sites (tertiary alicyclic amines) is 2. The van der Waals surface area contributed by atoms with E-state index in [0.29, 0.717) is 5.54 Å². The molecule has 2 heteroatoms. The predicted octanol–water partition coefficient (Wildman–Crippen LogP) is 1.81. The Balaban J connectivity index is 1.95. The van der Waals surface area contributed by atoms with Gasteiger partial charge < -0.3 is 0 Å². The Labute approximate surface area is 88.3 Å². The van der Waals surface area contributed by atoms with E-state index >= 15 is 0 Å². The van der Waals surface area contributed by atoms with E-state index in [1.165, 1.54) is 32.5 Å². The lowest BCUT2D eigenvalue weighted by molar-refractivity contribution is -0.0777. The second kappa shape index (κ2) is 3.49. The average Bonchev–Trinajstić information content (AvgIpc) is 2.48. The summed E-state index contributed by atoms with van der Waals surface area (Å²) in [5.74, 6) is 0.807. The van der Waals surface area contributed by atoms with E-state index in [1.54, 1.807) is 0 Å². The van der Waals surface area contributed by atoms with Crippen molar-refractivity contribution in [2.75, 3.05) is 26.7 Å². The standard InChI is InChI=1S/C12H24N2/c1-10(2)8-14-9-12(11(14)3)6-5-7-13(12)4/h10-11H,5-9H2,1-4H3. The molecule has 2 fully saturated rings. The second-order valence-corrected chi connectivity index (χ2v) is 5.63. The number of nitrogens with zero attached hydrogens (tertiary/aromatic N) is 2. The first-order valence-corrected chi connectivity index (χ1v) is 6.01. The van der Waals surface area contributed by atoms with Crippen molar-refractivity contribution >= 4 is 0 Å². The first-order valence-electron chi connectivity index (χ1n) is 6.01. The summed E-state index contributed by atoms with van der Waals surface area (Å²) >= 11 is 0. The van der Waals surface area contributed by atoms with Crippen LogP contribution in [0.2, 0.25) is 0 Å². The lowest BCUT2D eigenvalue weighted by atomic mass is 9.78. The summed E-state index contributed by atoms with van der Waals surface area (Å²) in [6.45, 7) is 10.9. The summed E-state index contributed by atoms with van der Waals surface area (Å²) in [6.07, 6.45) is 2.82. The van der Waals surface area contributed by atoms with Crippen molar-refractivity contribution in [3.05, 3.63) is 0 Å². The van der Waals surface area contributed by atoms with E-state index in [-0.39, 0.29) is 0 Å².